The average Bonchev–Trinajstić information content (AvgIpc) is 3.15. The van der Waals surface area contributed by atoms with Gasteiger partial charge in [0.15, 0.2) is 9.84 Å². The van der Waals surface area contributed by atoms with E-state index in [9.17, 15) is 18.0 Å². The van der Waals surface area contributed by atoms with Gasteiger partial charge < -0.3 is 15.0 Å². The molecule has 2 heterocycles. The SMILES string of the molecule is CC(C)Oc1ccc(CNC(=O)[C@@H]2CC(=O)N([C@@H]3CCS(=O)(=O)C3)C2)cc1. The molecular weight excluding hydrogens is 368 g/mol. The van der Waals surface area contributed by atoms with Crippen LogP contribution in [0.15, 0.2) is 24.3 Å². The summed E-state index contributed by atoms with van der Waals surface area (Å²) >= 11 is 0. The van der Waals surface area contributed by atoms with E-state index in [0.717, 1.165) is 11.3 Å². The van der Waals surface area contributed by atoms with Crippen molar-refractivity contribution in [2.75, 3.05) is 18.1 Å². The molecule has 7 nitrogen and oxygen atoms in total. The first-order valence-electron chi connectivity index (χ1n) is 9.27. The fraction of sp³-hybridized carbons (Fsp3) is 0.579. The second-order valence-corrected chi connectivity index (χ2v) is 9.76. The molecule has 2 aliphatic heterocycles. The molecule has 0 radical (unpaired) electrons. The molecule has 0 unspecified atom stereocenters. The summed E-state index contributed by atoms with van der Waals surface area (Å²) in [7, 11) is -3.06. The summed E-state index contributed by atoms with van der Waals surface area (Å²) in [6.45, 7) is 4.60. The van der Waals surface area contributed by atoms with E-state index in [1.54, 1.807) is 4.90 Å². The van der Waals surface area contributed by atoms with Crippen molar-refractivity contribution in [3.05, 3.63) is 29.8 Å². The van der Waals surface area contributed by atoms with Crippen LogP contribution in [-0.2, 0) is 26.0 Å². The number of hydrogen-bond donors (Lipinski definition) is 1. The molecule has 2 amide bonds. The summed E-state index contributed by atoms with van der Waals surface area (Å²) in [6.07, 6.45) is 0.713. The third-order valence-electron chi connectivity index (χ3n) is 4.94. The lowest BCUT2D eigenvalue weighted by Gasteiger charge is -2.22. The van der Waals surface area contributed by atoms with Gasteiger partial charge in [-0.2, -0.15) is 0 Å². The van der Waals surface area contributed by atoms with Crippen LogP contribution in [0.2, 0.25) is 0 Å². The van der Waals surface area contributed by atoms with Crippen LogP contribution in [0.4, 0.5) is 0 Å². The zero-order valence-corrected chi connectivity index (χ0v) is 16.5. The van der Waals surface area contributed by atoms with Gasteiger partial charge in [-0.3, -0.25) is 9.59 Å². The Morgan fingerprint density at radius 3 is 2.59 bits per heavy atom. The third-order valence-corrected chi connectivity index (χ3v) is 6.69. The number of benzene rings is 1. The number of hydrogen-bond acceptors (Lipinski definition) is 5. The lowest BCUT2D eigenvalue weighted by Crippen LogP contribution is -2.39. The average molecular weight is 394 g/mol. The molecule has 0 aromatic heterocycles. The van der Waals surface area contributed by atoms with Crippen LogP contribution >= 0.6 is 0 Å². The van der Waals surface area contributed by atoms with Crippen LogP contribution in [0.1, 0.15) is 32.3 Å². The Kier molecular flexibility index (Phi) is 5.74. The Bertz CT molecular complexity index is 804. The van der Waals surface area contributed by atoms with Gasteiger partial charge in [0, 0.05) is 25.6 Å². The van der Waals surface area contributed by atoms with Crippen molar-refractivity contribution in [2.45, 2.75) is 45.4 Å². The monoisotopic (exact) mass is 394 g/mol. The molecular formula is C19H26N2O5S. The van der Waals surface area contributed by atoms with Gasteiger partial charge in [0.1, 0.15) is 5.75 Å². The maximum Gasteiger partial charge on any atom is 0.225 e. The maximum atomic E-state index is 12.4. The Balaban J connectivity index is 1.51. The highest BCUT2D eigenvalue weighted by Crippen LogP contribution is 2.26. The van der Waals surface area contributed by atoms with Crippen LogP contribution in [0, 0.1) is 5.92 Å². The van der Waals surface area contributed by atoms with Crippen LogP contribution in [0.3, 0.4) is 0 Å². The van der Waals surface area contributed by atoms with E-state index in [1.165, 1.54) is 0 Å². The largest absolute Gasteiger partial charge is 0.491 e. The van der Waals surface area contributed by atoms with E-state index < -0.39 is 15.8 Å². The molecule has 2 saturated heterocycles. The number of sulfone groups is 1. The highest BCUT2D eigenvalue weighted by Gasteiger charge is 2.41. The Morgan fingerprint density at radius 2 is 2.00 bits per heavy atom. The van der Waals surface area contributed by atoms with Gasteiger partial charge in [0.05, 0.1) is 23.5 Å². The smallest absolute Gasteiger partial charge is 0.225 e. The third kappa shape index (κ3) is 5.00. The van der Waals surface area contributed by atoms with Crippen molar-refractivity contribution in [1.82, 2.24) is 10.2 Å². The number of carbonyl (C=O) groups is 2. The van der Waals surface area contributed by atoms with Gasteiger partial charge in [-0.25, -0.2) is 8.42 Å². The number of nitrogens with one attached hydrogen (secondary N) is 1. The lowest BCUT2D eigenvalue weighted by molar-refractivity contribution is -0.130. The van der Waals surface area contributed by atoms with Crippen molar-refractivity contribution in [3.63, 3.8) is 0 Å². The zero-order chi connectivity index (χ0) is 19.6. The normalized spacial score (nSPS) is 24.4. The van der Waals surface area contributed by atoms with E-state index in [0.29, 0.717) is 19.5 Å². The number of rotatable bonds is 6. The maximum absolute atomic E-state index is 12.4. The quantitative estimate of drug-likeness (QED) is 0.781. The molecule has 2 fully saturated rings. The molecule has 1 aromatic rings. The minimum atomic E-state index is -3.06. The van der Waals surface area contributed by atoms with Crippen LogP contribution in [-0.4, -0.2) is 55.3 Å². The summed E-state index contributed by atoms with van der Waals surface area (Å²) in [5.74, 6) is 0.182. The molecule has 2 aliphatic rings. The fourth-order valence-electron chi connectivity index (χ4n) is 3.57. The molecule has 0 spiro atoms. The van der Waals surface area contributed by atoms with Crippen LogP contribution < -0.4 is 10.1 Å². The van der Waals surface area contributed by atoms with Crippen molar-refractivity contribution < 1.29 is 22.7 Å². The standard InChI is InChI=1S/C19H26N2O5S/c1-13(2)26-17-5-3-14(4-6-17)10-20-19(23)15-9-18(22)21(11-15)16-7-8-27(24,25)12-16/h3-6,13,15-16H,7-12H2,1-2H3,(H,20,23)/t15-,16-/m1/s1. The van der Waals surface area contributed by atoms with Gasteiger partial charge in [-0.15, -0.1) is 0 Å². The Hall–Kier alpha value is -2.09. The summed E-state index contributed by atoms with van der Waals surface area (Å²) < 4.78 is 28.9. The van der Waals surface area contributed by atoms with Crippen molar-refractivity contribution in [3.8, 4) is 5.75 Å². The predicted octanol–water partition coefficient (Wildman–Crippen LogP) is 1.13. The van der Waals surface area contributed by atoms with E-state index in [-0.39, 0.29) is 41.9 Å². The minimum Gasteiger partial charge on any atom is -0.491 e. The van der Waals surface area contributed by atoms with Crippen LogP contribution in [0.25, 0.3) is 0 Å². The Morgan fingerprint density at radius 1 is 1.30 bits per heavy atom. The molecule has 0 saturated carbocycles. The summed E-state index contributed by atoms with van der Waals surface area (Å²) in [4.78, 5) is 26.2. The molecule has 8 heteroatoms. The Labute approximate surface area is 160 Å². The predicted molar refractivity (Wildman–Crippen MR) is 101 cm³/mol. The second-order valence-electron chi connectivity index (χ2n) is 7.53. The number of ether oxygens (including phenoxy) is 1. The molecule has 148 valence electrons. The second kappa shape index (κ2) is 7.88. The summed E-state index contributed by atoms with van der Waals surface area (Å²) in [5, 5.41) is 2.87. The summed E-state index contributed by atoms with van der Waals surface area (Å²) in [5.41, 5.74) is 0.947. The number of likely N-dealkylation sites (tertiary alicyclic amines) is 1. The number of carbonyl (C=O) groups excluding carboxylic acids is 2. The van der Waals surface area contributed by atoms with Crippen LogP contribution in [0.5, 0.6) is 5.75 Å². The van der Waals surface area contributed by atoms with Gasteiger partial charge in [0.2, 0.25) is 11.8 Å². The molecule has 1 N–H and O–H groups in total. The topological polar surface area (TPSA) is 92.8 Å². The van der Waals surface area contributed by atoms with E-state index in [2.05, 4.69) is 5.32 Å². The first-order chi connectivity index (χ1) is 12.7. The minimum absolute atomic E-state index is 0.0118. The highest BCUT2D eigenvalue weighted by atomic mass is 32.2. The van der Waals surface area contributed by atoms with Gasteiger partial charge in [-0.05, 0) is 38.0 Å². The first-order valence-corrected chi connectivity index (χ1v) is 11.1. The van der Waals surface area contributed by atoms with Gasteiger partial charge in [-0.1, -0.05) is 12.1 Å². The number of amides is 2. The molecule has 2 atom stereocenters. The number of nitrogens with zero attached hydrogens (tertiary/aromatic N) is 1. The highest BCUT2D eigenvalue weighted by molar-refractivity contribution is 7.91. The molecule has 0 aliphatic carbocycles. The van der Waals surface area contributed by atoms with Gasteiger partial charge >= 0.3 is 0 Å². The molecule has 3 rings (SSSR count). The molecule has 27 heavy (non-hydrogen) atoms. The van der Waals surface area contributed by atoms with E-state index in [4.69, 9.17) is 4.74 Å². The first kappa shape index (κ1) is 19.7. The fourth-order valence-corrected chi connectivity index (χ4v) is 5.30. The molecule has 0 bridgehead atoms. The zero-order valence-electron chi connectivity index (χ0n) is 15.7. The summed E-state index contributed by atoms with van der Waals surface area (Å²) in [6, 6.07) is 7.24. The molecule has 1 aromatic carbocycles. The van der Waals surface area contributed by atoms with Crippen molar-refractivity contribution in [2.24, 2.45) is 5.92 Å². The van der Waals surface area contributed by atoms with E-state index in [1.807, 2.05) is 38.1 Å². The van der Waals surface area contributed by atoms with E-state index >= 15 is 0 Å². The van der Waals surface area contributed by atoms with Crippen molar-refractivity contribution in [1.29, 1.82) is 0 Å². The van der Waals surface area contributed by atoms with Gasteiger partial charge in [0.25, 0.3) is 0 Å². The lowest BCUT2D eigenvalue weighted by atomic mass is 10.1. The van der Waals surface area contributed by atoms with Crippen molar-refractivity contribution >= 4 is 21.7 Å².